The summed E-state index contributed by atoms with van der Waals surface area (Å²) in [5, 5.41) is 10.6. The third-order valence-electron chi connectivity index (χ3n) is 17.0. The molecule has 0 aliphatic carbocycles. The fourth-order valence-electron chi connectivity index (χ4n) is 11.1. The maximum atomic E-state index is 13.1. The molecule has 0 amide bonds. The lowest BCUT2D eigenvalue weighted by molar-refractivity contribution is -0.161. The summed E-state index contributed by atoms with van der Waals surface area (Å²) in [5.74, 6) is -0.655. The molecule has 0 saturated heterocycles. The second-order valence-electron chi connectivity index (χ2n) is 27.3. The smallest absolute Gasteiger partial charge is 0.462 e. The van der Waals surface area contributed by atoms with Gasteiger partial charge >= 0.3 is 39.5 Å². The number of unbranched alkanes of at least 4 members (excludes halogenated alkanes) is 42. The molecule has 0 aliphatic rings. The van der Waals surface area contributed by atoms with Crippen LogP contribution < -0.4 is 0 Å². The van der Waals surface area contributed by atoms with E-state index in [1.165, 1.54) is 186 Å². The molecule has 0 aromatic rings. The minimum atomic E-state index is -4.95. The molecule has 0 rings (SSSR count). The van der Waals surface area contributed by atoms with E-state index in [-0.39, 0.29) is 25.7 Å². The first-order chi connectivity index (χ1) is 44.4. The van der Waals surface area contributed by atoms with E-state index in [0.717, 1.165) is 102 Å². The zero-order valence-corrected chi connectivity index (χ0v) is 61.6. The Bertz CT molecular complexity index is 1790. The largest absolute Gasteiger partial charge is 0.472 e. The maximum absolute atomic E-state index is 13.1. The van der Waals surface area contributed by atoms with Gasteiger partial charge in [0.1, 0.15) is 19.3 Å². The van der Waals surface area contributed by atoms with Gasteiger partial charge in [-0.1, -0.05) is 324 Å². The number of carbonyl (C=O) groups excluding carboxylic acids is 4. The molecule has 2 unspecified atom stereocenters. The number of ether oxygens (including phenoxy) is 4. The molecule has 0 spiro atoms. The number of carbonyl (C=O) groups is 4. The lowest BCUT2D eigenvalue weighted by Crippen LogP contribution is -2.30. The van der Waals surface area contributed by atoms with Gasteiger partial charge in [0.25, 0.3) is 0 Å². The van der Waals surface area contributed by atoms with Crippen molar-refractivity contribution in [2.24, 2.45) is 11.8 Å². The van der Waals surface area contributed by atoms with E-state index >= 15 is 0 Å². The Morgan fingerprint density at radius 2 is 0.500 bits per heavy atom. The summed E-state index contributed by atoms with van der Waals surface area (Å²) >= 11 is 0. The van der Waals surface area contributed by atoms with Crippen LogP contribution in [-0.4, -0.2) is 96.7 Å². The van der Waals surface area contributed by atoms with Crippen molar-refractivity contribution < 1.29 is 80.2 Å². The number of phosphoric acid groups is 2. The number of phosphoric ester groups is 2. The van der Waals surface area contributed by atoms with Crippen LogP contribution in [0.25, 0.3) is 0 Å². The Balaban J connectivity index is 5.24. The summed E-state index contributed by atoms with van der Waals surface area (Å²) in [6.07, 6.45) is 51.3. The van der Waals surface area contributed by atoms with Crippen molar-refractivity contribution in [3.05, 3.63) is 0 Å². The molecular weight excluding hydrogens is 1210 g/mol. The molecule has 0 saturated carbocycles. The van der Waals surface area contributed by atoms with Gasteiger partial charge in [-0.2, -0.15) is 0 Å². The van der Waals surface area contributed by atoms with Crippen molar-refractivity contribution in [3.8, 4) is 0 Å². The van der Waals surface area contributed by atoms with E-state index in [0.29, 0.717) is 31.6 Å². The lowest BCUT2D eigenvalue weighted by Gasteiger charge is -2.21. The Labute approximate surface area is 562 Å². The van der Waals surface area contributed by atoms with Crippen molar-refractivity contribution in [2.45, 2.75) is 394 Å². The lowest BCUT2D eigenvalue weighted by atomic mass is 10.0. The first-order valence-corrected chi connectivity index (χ1v) is 41.0. The molecule has 0 heterocycles. The van der Waals surface area contributed by atoms with Gasteiger partial charge in [0, 0.05) is 25.7 Å². The zero-order chi connectivity index (χ0) is 67.9. The highest BCUT2D eigenvalue weighted by atomic mass is 31.2. The summed E-state index contributed by atoms with van der Waals surface area (Å²) in [4.78, 5) is 72.7. The second-order valence-corrected chi connectivity index (χ2v) is 30.2. The van der Waals surface area contributed by atoms with Crippen LogP contribution in [0.1, 0.15) is 375 Å². The van der Waals surface area contributed by atoms with Crippen molar-refractivity contribution in [1.82, 2.24) is 0 Å². The van der Waals surface area contributed by atoms with Gasteiger partial charge in [0.2, 0.25) is 0 Å². The number of aliphatic hydroxyl groups excluding tert-OH is 1. The Hall–Kier alpha value is -1.94. The standard InChI is InChI=1S/C73H142O17P2/c1-7-9-11-13-15-17-19-21-22-23-24-25-27-33-39-46-52-58-73(78)89-68(61-83-70(75)55-49-43-37-31-29-28-30-35-41-47-53-65(3)4)63-87-91(79,80)85-59-67(74)60-86-92(81,82)88-64-69(62-84-71(76)56-50-44-40-34-36-42-48-54-66(5)6)90-72(77)57-51-45-38-32-26-20-18-16-14-12-10-8-2/h65-69,74H,7-64H2,1-6H3,(H,79,80)(H,81,82)/t67-,68-,69-/m1/s1. The first-order valence-electron chi connectivity index (χ1n) is 38.0. The maximum Gasteiger partial charge on any atom is 0.472 e. The average Bonchev–Trinajstić information content (AvgIpc) is 3.23. The minimum absolute atomic E-state index is 0.107. The SMILES string of the molecule is CCCCCCCCCCCCCCCCCCCC(=O)O[C@H](COC(=O)CCCCCCCCCCCCC(C)C)COP(=O)(O)OC[C@@H](O)COP(=O)(O)OC[C@@H](COC(=O)CCCCCCCCCC(C)C)OC(=O)CCCCCCCCCCCCCC. The highest BCUT2D eigenvalue weighted by Crippen LogP contribution is 2.45. The van der Waals surface area contributed by atoms with Crippen LogP contribution in [-0.2, 0) is 65.4 Å². The molecule has 0 aliphatic heterocycles. The van der Waals surface area contributed by atoms with Gasteiger partial charge in [0.15, 0.2) is 12.2 Å². The highest BCUT2D eigenvalue weighted by Gasteiger charge is 2.30. The van der Waals surface area contributed by atoms with Crippen molar-refractivity contribution >= 4 is 39.5 Å². The van der Waals surface area contributed by atoms with Crippen LogP contribution in [0.5, 0.6) is 0 Å². The first kappa shape index (κ1) is 90.1. The average molecular weight is 1350 g/mol. The Kier molecular flexibility index (Phi) is 63.7. The van der Waals surface area contributed by atoms with Gasteiger partial charge in [-0.3, -0.25) is 37.3 Å². The monoisotopic (exact) mass is 1350 g/mol. The number of hydrogen-bond donors (Lipinski definition) is 3. The number of hydrogen-bond acceptors (Lipinski definition) is 15. The third kappa shape index (κ3) is 66.7. The van der Waals surface area contributed by atoms with E-state index in [2.05, 4.69) is 41.5 Å². The predicted octanol–water partition coefficient (Wildman–Crippen LogP) is 21.2. The van der Waals surface area contributed by atoms with E-state index in [9.17, 15) is 43.2 Å². The molecular formula is C73H142O17P2. The molecule has 0 aromatic carbocycles. The molecule has 5 atom stereocenters. The van der Waals surface area contributed by atoms with E-state index in [1.54, 1.807) is 0 Å². The van der Waals surface area contributed by atoms with Crippen molar-refractivity contribution in [3.63, 3.8) is 0 Å². The molecule has 0 aromatic heterocycles. The van der Waals surface area contributed by atoms with Crippen molar-refractivity contribution in [1.29, 1.82) is 0 Å². The van der Waals surface area contributed by atoms with Crippen LogP contribution >= 0.6 is 15.6 Å². The molecule has 0 radical (unpaired) electrons. The van der Waals surface area contributed by atoms with E-state index in [4.69, 9.17) is 37.0 Å². The topological polar surface area (TPSA) is 237 Å². The molecule has 17 nitrogen and oxygen atoms in total. The van der Waals surface area contributed by atoms with Gasteiger partial charge in [-0.15, -0.1) is 0 Å². The third-order valence-corrected chi connectivity index (χ3v) is 18.9. The van der Waals surface area contributed by atoms with E-state index < -0.39 is 97.5 Å². The zero-order valence-electron chi connectivity index (χ0n) is 59.9. The predicted molar refractivity (Wildman–Crippen MR) is 372 cm³/mol. The fraction of sp³-hybridized carbons (Fsp3) is 0.945. The summed E-state index contributed by atoms with van der Waals surface area (Å²) in [6.45, 7) is 9.51. The van der Waals surface area contributed by atoms with Gasteiger partial charge in [-0.25, -0.2) is 9.13 Å². The summed E-state index contributed by atoms with van der Waals surface area (Å²) in [5.41, 5.74) is 0. The Morgan fingerprint density at radius 3 is 0.739 bits per heavy atom. The summed E-state index contributed by atoms with van der Waals surface area (Å²) in [6, 6.07) is 0. The number of rotatable bonds is 72. The molecule has 0 fully saturated rings. The Morgan fingerprint density at radius 1 is 0.293 bits per heavy atom. The van der Waals surface area contributed by atoms with Crippen LogP contribution in [0, 0.1) is 11.8 Å². The van der Waals surface area contributed by atoms with Gasteiger partial charge in [-0.05, 0) is 37.5 Å². The van der Waals surface area contributed by atoms with Gasteiger partial charge < -0.3 is 33.8 Å². The normalized spacial score (nSPS) is 14.1. The fourth-order valence-corrected chi connectivity index (χ4v) is 12.7. The van der Waals surface area contributed by atoms with Crippen LogP contribution in [0.2, 0.25) is 0 Å². The molecule has 0 bridgehead atoms. The molecule has 92 heavy (non-hydrogen) atoms. The van der Waals surface area contributed by atoms with Crippen LogP contribution in [0.4, 0.5) is 0 Å². The molecule has 546 valence electrons. The molecule has 3 N–H and O–H groups in total. The number of esters is 4. The number of aliphatic hydroxyl groups is 1. The minimum Gasteiger partial charge on any atom is -0.462 e. The van der Waals surface area contributed by atoms with E-state index in [1.807, 2.05) is 0 Å². The molecule has 19 heteroatoms. The quantitative estimate of drug-likeness (QED) is 0.0222. The summed E-state index contributed by atoms with van der Waals surface area (Å²) in [7, 11) is -9.90. The second kappa shape index (κ2) is 65.0. The summed E-state index contributed by atoms with van der Waals surface area (Å²) < 4.78 is 68.4. The van der Waals surface area contributed by atoms with Gasteiger partial charge in [0.05, 0.1) is 26.4 Å². The van der Waals surface area contributed by atoms with Crippen LogP contribution in [0.15, 0.2) is 0 Å². The van der Waals surface area contributed by atoms with Crippen molar-refractivity contribution in [2.75, 3.05) is 39.6 Å². The van der Waals surface area contributed by atoms with Crippen LogP contribution in [0.3, 0.4) is 0 Å². The highest BCUT2D eigenvalue weighted by molar-refractivity contribution is 7.47.